The molecule has 0 unspecified atom stereocenters. The highest BCUT2D eigenvalue weighted by Crippen LogP contribution is 2.25. The smallest absolute Gasteiger partial charge is 0.179 e. The first-order valence-corrected chi connectivity index (χ1v) is 6.67. The lowest BCUT2D eigenvalue weighted by atomic mass is 10.4. The van der Waals surface area contributed by atoms with Gasteiger partial charge in [0.05, 0.1) is 15.7 Å². The van der Waals surface area contributed by atoms with Crippen molar-refractivity contribution in [2.24, 2.45) is 0 Å². The van der Waals surface area contributed by atoms with Crippen LogP contribution >= 0.6 is 23.2 Å². The molecule has 0 spiro atoms. The van der Waals surface area contributed by atoms with Crippen molar-refractivity contribution in [1.29, 1.82) is 0 Å². The molecule has 1 rings (SSSR count). The number of hydrogen-bond acceptors (Lipinski definition) is 3. The fourth-order valence-electron chi connectivity index (χ4n) is 1.09. The average Bonchev–Trinajstić information content (AvgIpc) is 2.14. The monoisotopic (exact) mass is 268 g/mol. The molecule has 0 fully saturated rings. The Morgan fingerprint density at radius 3 is 2.47 bits per heavy atom. The van der Waals surface area contributed by atoms with Gasteiger partial charge in [0.15, 0.2) is 9.84 Å². The van der Waals surface area contributed by atoms with E-state index in [0.717, 1.165) is 0 Å². The van der Waals surface area contributed by atoms with E-state index >= 15 is 0 Å². The number of aliphatic hydroxyl groups excluding tert-OH is 1. The molecule has 0 saturated carbocycles. The summed E-state index contributed by atoms with van der Waals surface area (Å²) in [5.41, 5.74) is 0. The Morgan fingerprint density at radius 2 is 1.93 bits per heavy atom. The van der Waals surface area contributed by atoms with Gasteiger partial charge in [-0.05, 0) is 24.6 Å². The zero-order valence-corrected chi connectivity index (χ0v) is 10.1. The van der Waals surface area contributed by atoms with E-state index < -0.39 is 9.84 Å². The number of rotatable bonds is 4. The summed E-state index contributed by atoms with van der Waals surface area (Å²) >= 11 is 11.4. The Bertz CT molecular complexity index is 443. The fraction of sp³-hybridized carbons (Fsp3) is 0.333. The SMILES string of the molecule is O=S(=O)(CCCO)c1ccc(Cl)cc1Cl. The number of hydrogen-bond donors (Lipinski definition) is 1. The maximum absolute atomic E-state index is 11.7. The van der Waals surface area contributed by atoms with E-state index in [4.69, 9.17) is 28.3 Å². The molecule has 6 heteroatoms. The van der Waals surface area contributed by atoms with Gasteiger partial charge in [0.2, 0.25) is 0 Å². The largest absolute Gasteiger partial charge is 0.396 e. The highest BCUT2D eigenvalue weighted by atomic mass is 35.5. The second-order valence-corrected chi connectivity index (χ2v) is 5.89. The molecule has 0 saturated heterocycles. The van der Waals surface area contributed by atoms with Crippen LogP contribution < -0.4 is 0 Å². The molecule has 0 amide bonds. The topological polar surface area (TPSA) is 54.4 Å². The van der Waals surface area contributed by atoms with Gasteiger partial charge in [-0.1, -0.05) is 23.2 Å². The molecule has 0 bridgehead atoms. The summed E-state index contributed by atoms with van der Waals surface area (Å²) in [4.78, 5) is 0.0574. The van der Waals surface area contributed by atoms with Crippen LogP contribution in [0.1, 0.15) is 6.42 Å². The molecule has 3 nitrogen and oxygen atoms in total. The van der Waals surface area contributed by atoms with Crippen molar-refractivity contribution in [2.45, 2.75) is 11.3 Å². The normalized spacial score (nSPS) is 11.7. The van der Waals surface area contributed by atoms with Crippen molar-refractivity contribution >= 4 is 33.0 Å². The molecule has 0 aliphatic rings. The predicted octanol–water partition coefficient (Wildman–Crippen LogP) is 2.15. The minimum Gasteiger partial charge on any atom is -0.396 e. The first-order chi connectivity index (χ1) is 6.97. The van der Waals surface area contributed by atoms with Gasteiger partial charge in [0.25, 0.3) is 0 Å². The van der Waals surface area contributed by atoms with E-state index in [2.05, 4.69) is 0 Å². The zero-order valence-electron chi connectivity index (χ0n) is 7.78. The molecular formula is C9H10Cl2O3S. The van der Waals surface area contributed by atoms with Crippen LogP contribution in [0.2, 0.25) is 10.0 Å². The summed E-state index contributed by atoms with van der Waals surface area (Å²) in [6.07, 6.45) is 0.196. The molecule has 1 N–H and O–H groups in total. The average molecular weight is 269 g/mol. The molecule has 84 valence electrons. The van der Waals surface area contributed by atoms with Gasteiger partial charge in [-0.3, -0.25) is 0 Å². The van der Waals surface area contributed by atoms with Gasteiger partial charge >= 0.3 is 0 Å². The van der Waals surface area contributed by atoms with Crippen LogP contribution in [0.25, 0.3) is 0 Å². The van der Waals surface area contributed by atoms with E-state index in [1.807, 2.05) is 0 Å². The predicted molar refractivity (Wildman–Crippen MR) is 60.2 cm³/mol. The molecule has 0 atom stereocenters. The van der Waals surface area contributed by atoms with E-state index in [1.165, 1.54) is 18.2 Å². The lowest BCUT2D eigenvalue weighted by molar-refractivity contribution is 0.295. The van der Waals surface area contributed by atoms with Crippen molar-refractivity contribution < 1.29 is 13.5 Å². The van der Waals surface area contributed by atoms with Gasteiger partial charge in [0.1, 0.15) is 0 Å². The maximum Gasteiger partial charge on any atom is 0.179 e. The Morgan fingerprint density at radius 1 is 1.27 bits per heavy atom. The zero-order chi connectivity index (χ0) is 11.5. The van der Waals surface area contributed by atoms with Gasteiger partial charge in [-0.25, -0.2) is 8.42 Å². The van der Waals surface area contributed by atoms with Crippen LogP contribution in [-0.4, -0.2) is 25.9 Å². The lowest BCUT2D eigenvalue weighted by Crippen LogP contribution is -2.08. The van der Waals surface area contributed by atoms with E-state index in [-0.39, 0.29) is 28.7 Å². The Kier molecular flexibility index (Phi) is 4.40. The highest BCUT2D eigenvalue weighted by molar-refractivity contribution is 7.91. The molecule has 1 aromatic rings. The standard InChI is InChI=1S/C9H10Cl2O3S/c10-7-2-3-9(8(11)6-7)15(13,14)5-1-4-12/h2-3,6,12H,1,4-5H2. The van der Waals surface area contributed by atoms with Gasteiger partial charge in [-0.15, -0.1) is 0 Å². The van der Waals surface area contributed by atoms with E-state index in [0.29, 0.717) is 5.02 Å². The molecule has 15 heavy (non-hydrogen) atoms. The second-order valence-electron chi connectivity index (χ2n) is 2.97. The first-order valence-electron chi connectivity index (χ1n) is 4.26. The molecule has 0 aliphatic carbocycles. The number of aliphatic hydroxyl groups is 1. The van der Waals surface area contributed by atoms with Crippen LogP contribution in [0.4, 0.5) is 0 Å². The fourth-order valence-corrected chi connectivity index (χ4v) is 3.21. The Labute approximate surface area is 98.6 Å². The van der Waals surface area contributed by atoms with Crippen molar-refractivity contribution in [1.82, 2.24) is 0 Å². The number of sulfone groups is 1. The minimum atomic E-state index is -3.42. The van der Waals surface area contributed by atoms with Crippen molar-refractivity contribution in [3.05, 3.63) is 28.2 Å². The summed E-state index contributed by atoms with van der Waals surface area (Å²) in [5, 5.41) is 9.07. The summed E-state index contributed by atoms with van der Waals surface area (Å²) in [6.45, 7) is -0.162. The lowest BCUT2D eigenvalue weighted by Gasteiger charge is -2.05. The molecule has 0 aliphatic heterocycles. The molecule has 0 heterocycles. The van der Waals surface area contributed by atoms with Gasteiger partial charge < -0.3 is 5.11 Å². The van der Waals surface area contributed by atoms with E-state index in [9.17, 15) is 8.42 Å². The second kappa shape index (κ2) is 5.16. The summed E-state index contributed by atoms with van der Waals surface area (Å²) in [5.74, 6) is -0.120. The number of benzene rings is 1. The minimum absolute atomic E-state index is 0.0574. The van der Waals surface area contributed by atoms with Crippen LogP contribution in [0, 0.1) is 0 Å². The van der Waals surface area contributed by atoms with Gasteiger partial charge in [-0.2, -0.15) is 0 Å². The molecule has 1 aromatic carbocycles. The van der Waals surface area contributed by atoms with Crippen LogP contribution in [0.5, 0.6) is 0 Å². The van der Waals surface area contributed by atoms with E-state index in [1.54, 1.807) is 0 Å². The summed E-state index contributed by atoms with van der Waals surface area (Å²) in [7, 11) is -3.42. The van der Waals surface area contributed by atoms with Crippen LogP contribution in [0.15, 0.2) is 23.1 Å². The summed E-state index contributed by atoms with van der Waals surface area (Å²) in [6, 6.07) is 4.23. The number of halogens is 2. The highest BCUT2D eigenvalue weighted by Gasteiger charge is 2.17. The molecule has 0 aromatic heterocycles. The quantitative estimate of drug-likeness (QED) is 0.911. The maximum atomic E-state index is 11.7. The third-order valence-electron chi connectivity index (χ3n) is 1.80. The van der Waals surface area contributed by atoms with Crippen molar-refractivity contribution in [2.75, 3.05) is 12.4 Å². The Balaban J connectivity index is 3.05. The third kappa shape index (κ3) is 3.34. The first kappa shape index (κ1) is 12.8. The van der Waals surface area contributed by atoms with Crippen molar-refractivity contribution in [3.63, 3.8) is 0 Å². The third-order valence-corrected chi connectivity index (χ3v) is 4.31. The van der Waals surface area contributed by atoms with Crippen molar-refractivity contribution in [3.8, 4) is 0 Å². The Hall–Kier alpha value is -0.290. The van der Waals surface area contributed by atoms with Gasteiger partial charge in [0, 0.05) is 11.6 Å². The summed E-state index contributed by atoms with van der Waals surface area (Å²) < 4.78 is 23.4. The molecule has 0 radical (unpaired) electrons. The molecular weight excluding hydrogens is 259 g/mol. The van der Waals surface area contributed by atoms with Crippen LogP contribution in [0.3, 0.4) is 0 Å². The van der Waals surface area contributed by atoms with Crippen LogP contribution in [-0.2, 0) is 9.84 Å².